The lowest BCUT2D eigenvalue weighted by Gasteiger charge is -2.35. The van der Waals surface area contributed by atoms with E-state index in [1.54, 1.807) is 26.0 Å². The highest BCUT2D eigenvalue weighted by molar-refractivity contribution is 5.91. The molecule has 3 amide bonds. The highest BCUT2D eigenvalue weighted by Gasteiger charge is 2.43. The van der Waals surface area contributed by atoms with Crippen molar-refractivity contribution in [2.75, 3.05) is 26.6 Å². The van der Waals surface area contributed by atoms with Crippen molar-refractivity contribution in [2.24, 2.45) is 17.1 Å². The minimum atomic E-state index is -1.29. The van der Waals surface area contributed by atoms with Crippen molar-refractivity contribution in [3.63, 3.8) is 0 Å². The summed E-state index contributed by atoms with van der Waals surface area (Å²) < 4.78 is 16.8. The maximum atomic E-state index is 13.7. The summed E-state index contributed by atoms with van der Waals surface area (Å²) in [6.07, 6.45) is 4.25. The average molecular weight is 596 g/mol. The maximum absolute atomic E-state index is 13.7. The molecule has 2 aliphatic rings. The Labute approximate surface area is 251 Å². The molecule has 0 radical (unpaired) electrons. The summed E-state index contributed by atoms with van der Waals surface area (Å²) in [7, 11) is 0. The molecule has 2 aliphatic heterocycles. The number of fused-ring (bicyclic) bond motifs is 1. The number of esters is 1. The number of nitrogens with two attached hydrogens (primary N) is 1. The topological polar surface area (TPSA) is 162 Å². The molecule has 0 bridgehead atoms. The molecule has 3 unspecified atom stereocenters. The van der Waals surface area contributed by atoms with Crippen LogP contribution in [0, 0.1) is 11.3 Å². The predicted molar refractivity (Wildman–Crippen MR) is 159 cm³/mol. The highest BCUT2D eigenvalue weighted by atomic mass is 16.7. The number of rotatable bonds is 10. The molecule has 232 valence electrons. The molecule has 0 spiro atoms. The van der Waals surface area contributed by atoms with E-state index in [0.717, 1.165) is 28.6 Å². The largest absolute Gasteiger partial charge is 0.451 e. The van der Waals surface area contributed by atoms with Gasteiger partial charge in [-0.05, 0) is 49.8 Å². The molecule has 0 saturated carbocycles. The zero-order valence-electron chi connectivity index (χ0n) is 25.1. The Balaban J connectivity index is 1.47. The number of nitrogens with one attached hydrogen (secondary N) is 2. The van der Waals surface area contributed by atoms with Gasteiger partial charge in [0.2, 0.25) is 5.91 Å². The SMILES string of the molecule is CCc1ccc2ccc(C=CC3(C(=O)OC(C(=O)NC(C)C(=O)N4CCCC(C(N)=O)N4)C(C)C)COCOC3)cc2n1. The van der Waals surface area contributed by atoms with Crippen LogP contribution in [0.1, 0.15) is 51.8 Å². The number of pyridine rings is 1. The van der Waals surface area contributed by atoms with E-state index >= 15 is 0 Å². The normalized spacial score (nSPS) is 20.1. The monoisotopic (exact) mass is 595 g/mol. The van der Waals surface area contributed by atoms with Gasteiger partial charge in [-0.1, -0.05) is 51.1 Å². The van der Waals surface area contributed by atoms with Crippen molar-refractivity contribution in [1.82, 2.24) is 20.7 Å². The van der Waals surface area contributed by atoms with Gasteiger partial charge >= 0.3 is 5.97 Å². The number of aromatic nitrogens is 1. The number of hydrazine groups is 1. The summed E-state index contributed by atoms with van der Waals surface area (Å²) in [5.41, 5.74) is 9.57. The van der Waals surface area contributed by atoms with Crippen LogP contribution >= 0.6 is 0 Å². The van der Waals surface area contributed by atoms with Crippen LogP contribution in [0.3, 0.4) is 0 Å². The summed E-state index contributed by atoms with van der Waals surface area (Å²) >= 11 is 0. The number of nitrogens with zero attached hydrogens (tertiary/aromatic N) is 2. The molecule has 3 heterocycles. The second-order valence-electron chi connectivity index (χ2n) is 11.4. The van der Waals surface area contributed by atoms with Crippen LogP contribution in [0.2, 0.25) is 0 Å². The molecule has 12 nitrogen and oxygen atoms in total. The Morgan fingerprint density at radius 3 is 2.58 bits per heavy atom. The first-order valence-corrected chi connectivity index (χ1v) is 14.7. The highest BCUT2D eigenvalue weighted by Crippen LogP contribution is 2.29. The van der Waals surface area contributed by atoms with Crippen LogP contribution < -0.4 is 16.5 Å². The standard InChI is InChI=1S/C31H41N5O7/c1-5-23-11-10-22-9-8-21(15-25(22)34-23)12-13-31(16-41-18-42-17-31)30(40)43-26(19(2)3)28(38)33-20(4)29(39)36-14-6-7-24(35-36)27(32)37/h8-13,15,19-20,24,26,35H,5-7,14,16-18H2,1-4H3,(H2,32,37)(H,33,38). The van der Waals surface area contributed by atoms with Gasteiger partial charge in [-0.15, -0.1) is 0 Å². The van der Waals surface area contributed by atoms with Crippen molar-refractivity contribution in [3.05, 3.63) is 47.7 Å². The van der Waals surface area contributed by atoms with Gasteiger partial charge in [-0.3, -0.25) is 29.2 Å². The van der Waals surface area contributed by atoms with Crippen LogP contribution in [0.4, 0.5) is 0 Å². The van der Waals surface area contributed by atoms with E-state index in [2.05, 4.69) is 15.7 Å². The van der Waals surface area contributed by atoms with Gasteiger partial charge in [0.15, 0.2) is 6.10 Å². The second kappa shape index (κ2) is 14.1. The van der Waals surface area contributed by atoms with E-state index in [4.69, 9.17) is 19.9 Å². The van der Waals surface area contributed by atoms with Crippen LogP contribution in [-0.4, -0.2) is 78.4 Å². The Morgan fingerprint density at radius 1 is 1.19 bits per heavy atom. The summed E-state index contributed by atoms with van der Waals surface area (Å²) in [4.78, 5) is 56.2. The van der Waals surface area contributed by atoms with Gasteiger partial charge in [-0.2, -0.15) is 0 Å². The lowest BCUT2D eigenvalue weighted by Crippen LogP contribution is -2.61. The third kappa shape index (κ3) is 7.75. The molecule has 0 aliphatic carbocycles. The molecule has 1 aromatic heterocycles. The average Bonchev–Trinajstić information content (AvgIpc) is 3.01. The van der Waals surface area contributed by atoms with Gasteiger partial charge in [0, 0.05) is 17.6 Å². The number of amides is 3. The van der Waals surface area contributed by atoms with Crippen LogP contribution in [0.15, 0.2) is 36.4 Å². The number of aryl methyl sites for hydroxylation is 1. The Bertz CT molecular complexity index is 1370. The first-order valence-electron chi connectivity index (χ1n) is 14.7. The first kappa shape index (κ1) is 32.1. The van der Waals surface area contributed by atoms with Crippen molar-refractivity contribution < 1.29 is 33.4 Å². The molecule has 2 fully saturated rings. The van der Waals surface area contributed by atoms with E-state index in [9.17, 15) is 19.2 Å². The fourth-order valence-corrected chi connectivity index (χ4v) is 5.03. The molecule has 2 aromatic rings. The van der Waals surface area contributed by atoms with E-state index in [0.29, 0.717) is 19.4 Å². The quantitative estimate of drug-likeness (QED) is 0.348. The van der Waals surface area contributed by atoms with Crippen molar-refractivity contribution in [2.45, 2.75) is 65.1 Å². The number of benzene rings is 1. The molecule has 1 aromatic carbocycles. The second-order valence-corrected chi connectivity index (χ2v) is 11.4. The molecule has 3 atom stereocenters. The van der Waals surface area contributed by atoms with Gasteiger partial charge in [0.1, 0.15) is 24.3 Å². The van der Waals surface area contributed by atoms with E-state index in [-0.39, 0.29) is 20.0 Å². The molecule has 43 heavy (non-hydrogen) atoms. The van der Waals surface area contributed by atoms with Crippen molar-refractivity contribution in [1.29, 1.82) is 0 Å². The van der Waals surface area contributed by atoms with Crippen molar-refractivity contribution >= 4 is 40.7 Å². The maximum Gasteiger partial charge on any atom is 0.321 e. The minimum absolute atomic E-state index is 0.0110. The smallest absolute Gasteiger partial charge is 0.321 e. The lowest BCUT2D eigenvalue weighted by molar-refractivity contribution is -0.192. The van der Waals surface area contributed by atoms with E-state index in [1.807, 2.05) is 37.3 Å². The molecule has 2 saturated heterocycles. The van der Waals surface area contributed by atoms with E-state index in [1.165, 1.54) is 11.9 Å². The Morgan fingerprint density at radius 2 is 1.91 bits per heavy atom. The minimum Gasteiger partial charge on any atom is -0.451 e. The molecule has 4 rings (SSSR count). The summed E-state index contributed by atoms with van der Waals surface area (Å²) in [6, 6.07) is 8.27. The van der Waals surface area contributed by atoms with Crippen LogP contribution in [-0.2, 0) is 39.8 Å². The number of ether oxygens (including phenoxy) is 3. The van der Waals surface area contributed by atoms with Crippen LogP contribution in [0.25, 0.3) is 17.0 Å². The fourth-order valence-electron chi connectivity index (χ4n) is 5.03. The molecule has 4 N–H and O–H groups in total. The van der Waals surface area contributed by atoms with Crippen LogP contribution in [0.5, 0.6) is 0 Å². The number of hydrogen-bond donors (Lipinski definition) is 3. The molecular weight excluding hydrogens is 554 g/mol. The van der Waals surface area contributed by atoms with Gasteiger partial charge in [0.05, 0.1) is 18.7 Å². The Kier molecular flexibility index (Phi) is 10.5. The predicted octanol–water partition coefficient (Wildman–Crippen LogP) is 1.85. The lowest BCUT2D eigenvalue weighted by atomic mass is 9.88. The van der Waals surface area contributed by atoms with Crippen molar-refractivity contribution in [3.8, 4) is 0 Å². The number of carbonyl (C=O) groups excluding carboxylic acids is 4. The molecular formula is C31H41N5O7. The fraction of sp³-hybridized carbons (Fsp3) is 0.516. The number of hydrogen-bond acceptors (Lipinski definition) is 9. The summed E-state index contributed by atoms with van der Waals surface area (Å²) in [5, 5.41) is 4.96. The third-order valence-corrected chi connectivity index (χ3v) is 7.65. The van der Waals surface area contributed by atoms with Gasteiger partial charge < -0.3 is 25.3 Å². The number of carbonyl (C=O) groups is 4. The molecule has 12 heteroatoms. The summed E-state index contributed by atoms with van der Waals surface area (Å²) in [6.45, 7) is 7.50. The third-order valence-electron chi connectivity index (χ3n) is 7.65. The summed E-state index contributed by atoms with van der Waals surface area (Å²) in [5.74, 6) is -2.67. The van der Waals surface area contributed by atoms with E-state index < -0.39 is 53.2 Å². The zero-order valence-corrected chi connectivity index (χ0v) is 25.1. The first-order chi connectivity index (χ1) is 20.5. The number of primary amides is 1. The van der Waals surface area contributed by atoms with Gasteiger partial charge in [-0.25, -0.2) is 5.43 Å². The van der Waals surface area contributed by atoms with Gasteiger partial charge in [0.25, 0.3) is 11.8 Å². The zero-order chi connectivity index (χ0) is 31.1. The Hall–Kier alpha value is -3.87.